The van der Waals surface area contributed by atoms with Crippen LogP contribution in [0.4, 0.5) is 17.1 Å². The highest BCUT2D eigenvalue weighted by Crippen LogP contribution is 2.37. The van der Waals surface area contributed by atoms with Crippen molar-refractivity contribution in [3.05, 3.63) is 87.9 Å². The molecule has 1 saturated heterocycles. The first-order valence-corrected chi connectivity index (χ1v) is 12.8. The summed E-state index contributed by atoms with van der Waals surface area (Å²) in [6, 6.07) is 22.4. The van der Waals surface area contributed by atoms with Crippen molar-refractivity contribution < 1.29 is 4.79 Å². The Hall–Kier alpha value is -2.53. The van der Waals surface area contributed by atoms with Crippen molar-refractivity contribution in [3.63, 3.8) is 0 Å². The molecule has 3 aromatic rings. The number of nitrogens with zero attached hydrogens (tertiary/aromatic N) is 3. The SMILES string of the molecule is O=C(CCCN1CCN(c2cccc(Cl)c2Cl)CC1)N1c2ccccc2CCc2ccccc21. The Balaban J connectivity index is 1.20. The third kappa shape index (κ3) is 4.81. The maximum Gasteiger partial charge on any atom is 0.231 e. The molecule has 6 heteroatoms. The van der Waals surface area contributed by atoms with Crippen LogP contribution in [0, 0.1) is 0 Å². The molecular weight excluding hydrogens is 465 g/mol. The highest BCUT2D eigenvalue weighted by atomic mass is 35.5. The van der Waals surface area contributed by atoms with Crippen LogP contribution in [0.5, 0.6) is 0 Å². The van der Waals surface area contributed by atoms with E-state index in [2.05, 4.69) is 46.2 Å². The van der Waals surface area contributed by atoms with E-state index >= 15 is 0 Å². The zero-order chi connectivity index (χ0) is 23.5. The summed E-state index contributed by atoms with van der Waals surface area (Å²) >= 11 is 12.6. The number of carbonyl (C=O) groups is 1. The molecule has 176 valence electrons. The van der Waals surface area contributed by atoms with Gasteiger partial charge in [-0.05, 0) is 61.2 Å². The van der Waals surface area contributed by atoms with Crippen molar-refractivity contribution in [2.24, 2.45) is 0 Å². The Labute approximate surface area is 211 Å². The van der Waals surface area contributed by atoms with Gasteiger partial charge in [0.25, 0.3) is 0 Å². The van der Waals surface area contributed by atoms with Gasteiger partial charge in [-0.15, -0.1) is 0 Å². The molecule has 0 spiro atoms. The van der Waals surface area contributed by atoms with Gasteiger partial charge in [-0.25, -0.2) is 0 Å². The summed E-state index contributed by atoms with van der Waals surface area (Å²) in [5.74, 6) is 0.172. The van der Waals surface area contributed by atoms with Gasteiger partial charge in [0.1, 0.15) is 0 Å². The lowest BCUT2D eigenvalue weighted by Crippen LogP contribution is -2.46. The standard InChI is InChI=1S/C28H29Cl2N3O/c29-23-9-5-12-26(28(23)30)32-19-17-31(18-20-32)16-6-13-27(34)33-24-10-3-1-7-21(24)14-15-22-8-2-4-11-25(22)33/h1-5,7-12H,6,13-20H2. The fourth-order valence-corrected chi connectivity index (χ4v) is 5.48. The van der Waals surface area contributed by atoms with Gasteiger partial charge in [-0.2, -0.15) is 0 Å². The molecule has 0 radical (unpaired) electrons. The van der Waals surface area contributed by atoms with Crippen molar-refractivity contribution in [1.82, 2.24) is 4.90 Å². The molecule has 0 N–H and O–H groups in total. The molecule has 34 heavy (non-hydrogen) atoms. The topological polar surface area (TPSA) is 26.8 Å². The summed E-state index contributed by atoms with van der Waals surface area (Å²) in [6.07, 6.45) is 3.29. The van der Waals surface area contributed by atoms with Crippen LogP contribution < -0.4 is 9.80 Å². The summed E-state index contributed by atoms with van der Waals surface area (Å²) in [7, 11) is 0. The van der Waals surface area contributed by atoms with Crippen LogP contribution in [0.1, 0.15) is 24.0 Å². The van der Waals surface area contributed by atoms with E-state index in [4.69, 9.17) is 23.2 Å². The number of para-hydroxylation sites is 2. The van der Waals surface area contributed by atoms with Gasteiger partial charge in [0, 0.05) is 32.6 Å². The summed E-state index contributed by atoms with van der Waals surface area (Å²) in [5.41, 5.74) is 5.54. The summed E-state index contributed by atoms with van der Waals surface area (Å²) in [5, 5.41) is 1.22. The van der Waals surface area contributed by atoms with E-state index < -0.39 is 0 Å². The smallest absolute Gasteiger partial charge is 0.231 e. The fourth-order valence-electron chi connectivity index (χ4n) is 5.06. The first-order valence-electron chi connectivity index (χ1n) is 12.0. The highest BCUT2D eigenvalue weighted by molar-refractivity contribution is 6.43. The van der Waals surface area contributed by atoms with E-state index in [-0.39, 0.29) is 5.91 Å². The van der Waals surface area contributed by atoms with E-state index in [1.54, 1.807) is 0 Å². The van der Waals surface area contributed by atoms with Crippen molar-refractivity contribution >= 4 is 46.2 Å². The molecule has 0 aromatic heterocycles. The number of piperazine rings is 1. The molecular formula is C28H29Cl2N3O. The van der Waals surface area contributed by atoms with Crippen LogP contribution in [0.15, 0.2) is 66.7 Å². The van der Waals surface area contributed by atoms with E-state index in [1.165, 1.54) is 11.1 Å². The van der Waals surface area contributed by atoms with Gasteiger partial charge in [0.2, 0.25) is 5.91 Å². The van der Waals surface area contributed by atoms with Crippen LogP contribution in [-0.2, 0) is 17.6 Å². The number of rotatable bonds is 5. The van der Waals surface area contributed by atoms with Crippen molar-refractivity contribution in [1.29, 1.82) is 0 Å². The predicted molar refractivity (Wildman–Crippen MR) is 142 cm³/mol. The monoisotopic (exact) mass is 493 g/mol. The van der Waals surface area contributed by atoms with E-state index in [1.807, 2.05) is 35.2 Å². The Morgan fingerprint density at radius 3 is 1.97 bits per heavy atom. The van der Waals surface area contributed by atoms with Gasteiger partial charge in [0.05, 0.1) is 27.1 Å². The van der Waals surface area contributed by atoms with Crippen molar-refractivity contribution in [2.75, 3.05) is 42.5 Å². The van der Waals surface area contributed by atoms with Gasteiger partial charge >= 0.3 is 0 Å². The second-order valence-corrected chi connectivity index (χ2v) is 9.78. The number of fused-ring (bicyclic) bond motifs is 2. The molecule has 3 aromatic carbocycles. The number of aryl methyl sites for hydroxylation is 2. The minimum Gasteiger partial charge on any atom is -0.368 e. The Kier molecular flexibility index (Phi) is 7.10. The quantitative estimate of drug-likeness (QED) is 0.413. The number of carbonyl (C=O) groups excluding carboxylic acids is 1. The molecule has 2 aliphatic rings. The van der Waals surface area contributed by atoms with Gasteiger partial charge in [-0.3, -0.25) is 14.6 Å². The van der Waals surface area contributed by atoms with Crippen molar-refractivity contribution in [2.45, 2.75) is 25.7 Å². The van der Waals surface area contributed by atoms with Gasteiger partial charge in [0.15, 0.2) is 0 Å². The van der Waals surface area contributed by atoms with Gasteiger partial charge < -0.3 is 4.90 Å². The first kappa shape index (κ1) is 23.2. The van der Waals surface area contributed by atoms with E-state index in [9.17, 15) is 4.79 Å². The van der Waals surface area contributed by atoms with Crippen LogP contribution >= 0.6 is 23.2 Å². The number of anilines is 3. The molecule has 5 rings (SSSR count). The highest BCUT2D eigenvalue weighted by Gasteiger charge is 2.26. The second kappa shape index (κ2) is 10.4. The molecule has 0 aliphatic carbocycles. The maximum absolute atomic E-state index is 13.5. The Morgan fingerprint density at radius 2 is 1.32 bits per heavy atom. The summed E-state index contributed by atoms with van der Waals surface area (Å²) < 4.78 is 0. The molecule has 0 saturated carbocycles. The number of halogens is 2. The summed E-state index contributed by atoms with van der Waals surface area (Å²) in [4.78, 5) is 20.2. The first-order chi connectivity index (χ1) is 16.6. The van der Waals surface area contributed by atoms with Gasteiger partial charge in [-0.1, -0.05) is 65.7 Å². The lowest BCUT2D eigenvalue weighted by atomic mass is 10.0. The molecule has 0 bridgehead atoms. The average molecular weight is 494 g/mol. The molecule has 2 aliphatic heterocycles. The normalized spacial score (nSPS) is 16.1. The number of amides is 1. The lowest BCUT2D eigenvalue weighted by molar-refractivity contribution is -0.118. The number of benzene rings is 3. The zero-order valence-electron chi connectivity index (χ0n) is 19.2. The number of hydrogen-bond acceptors (Lipinski definition) is 3. The van der Waals surface area contributed by atoms with E-state index in [0.29, 0.717) is 16.5 Å². The van der Waals surface area contributed by atoms with E-state index in [0.717, 1.165) is 69.0 Å². The molecule has 2 heterocycles. The molecule has 0 atom stereocenters. The van der Waals surface area contributed by atoms with Crippen LogP contribution in [0.3, 0.4) is 0 Å². The fraction of sp³-hybridized carbons (Fsp3) is 0.321. The second-order valence-electron chi connectivity index (χ2n) is 8.99. The third-order valence-electron chi connectivity index (χ3n) is 6.89. The summed E-state index contributed by atoms with van der Waals surface area (Å²) in [6.45, 7) is 4.63. The van der Waals surface area contributed by atoms with Crippen LogP contribution in [-0.4, -0.2) is 43.5 Å². The largest absolute Gasteiger partial charge is 0.368 e. The lowest BCUT2D eigenvalue weighted by Gasteiger charge is -2.36. The molecule has 1 fully saturated rings. The zero-order valence-corrected chi connectivity index (χ0v) is 20.7. The minimum absolute atomic E-state index is 0.172. The Bertz CT molecular complexity index is 1130. The molecule has 1 amide bonds. The van der Waals surface area contributed by atoms with Crippen LogP contribution in [0.25, 0.3) is 0 Å². The van der Waals surface area contributed by atoms with Crippen molar-refractivity contribution in [3.8, 4) is 0 Å². The number of hydrogen-bond donors (Lipinski definition) is 0. The Morgan fingerprint density at radius 1 is 0.735 bits per heavy atom. The third-order valence-corrected chi connectivity index (χ3v) is 7.70. The predicted octanol–water partition coefficient (Wildman–Crippen LogP) is 6.36. The molecule has 0 unspecified atom stereocenters. The average Bonchev–Trinajstić information content (AvgIpc) is 3.03. The maximum atomic E-state index is 13.5. The van der Waals surface area contributed by atoms with Crippen LogP contribution in [0.2, 0.25) is 10.0 Å². The minimum atomic E-state index is 0.172. The molecule has 4 nitrogen and oxygen atoms in total.